The summed E-state index contributed by atoms with van der Waals surface area (Å²) >= 11 is 6.02. The zero-order valence-electron chi connectivity index (χ0n) is 20.3. The Morgan fingerprint density at radius 1 is 1.11 bits per heavy atom. The molecule has 0 aliphatic carbocycles. The minimum atomic E-state index is -3.74. The number of carbonyl (C=O) groups excluding carboxylic acids is 1. The fourth-order valence-corrected chi connectivity index (χ4v) is 5.01. The van der Waals surface area contributed by atoms with Crippen molar-refractivity contribution in [2.45, 2.75) is 0 Å². The van der Waals surface area contributed by atoms with Crippen molar-refractivity contribution < 1.29 is 32.2 Å². The molecule has 194 valence electrons. The van der Waals surface area contributed by atoms with E-state index in [-0.39, 0.29) is 34.9 Å². The van der Waals surface area contributed by atoms with Crippen LogP contribution in [0.25, 0.3) is 22.3 Å². The van der Waals surface area contributed by atoms with Crippen molar-refractivity contribution in [1.82, 2.24) is 5.32 Å². The van der Waals surface area contributed by atoms with Crippen molar-refractivity contribution in [2.24, 2.45) is 0 Å². The Bertz CT molecular complexity index is 1550. The lowest BCUT2D eigenvalue weighted by molar-refractivity contribution is 0.0964. The standard InChI is InChI=1S/C26H25ClN2O7S/c1-28-26(31)24-20-14-23(34-2)21(29(11-12-30)37(3,32)33)15-22(20)36-25(24)16-7-9-18(10-8-16)35-19-6-4-5-17(27)13-19/h4-10,13-15,30H,11-12H2,1-3H3,(H,28,31). The van der Waals surface area contributed by atoms with Gasteiger partial charge in [-0.15, -0.1) is 0 Å². The van der Waals surface area contributed by atoms with E-state index in [4.69, 9.17) is 25.5 Å². The van der Waals surface area contributed by atoms with Crippen LogP contribution in [0.3, 0.4) is 0 Å². The van der Waals surface area contributed by atoms with Crippen LogP contribution in [-0.2, 0) is 10.0 Å². The predicted molar refractivity (Wildman–Crippen MR) is 142 cm³/mol. The molecule has 4 rings (SSSR count). The molecule has 37 heavy (non-hydrogen) atoms. The number of halogens is 1. The summed E-state index contributed by atoms with van der Waals surface area (Å²) in [6.45, 7) is -0.574. The lowest BCUT2D eigenvalue weighted by Gasteiger charge is -2.23. The van der Waals surface area contributed by atoms with Crippen molar-refractivity contribution in [1.29, 1.82) is 0 Å². The molecule has 9 nitrogen and oxygen atoms in total. The van der Waals surface area contributed by atoms with E-state index in [1.54, 1.807) is 54.6 Å². The molecule has 11 heteroatoms. The van der Waals surface area contributed by atoms with Gasteiger partial charge >= 0.3 is 0 Å². The first-order valence-corrected chi connectivity index (χ1v) is 13.4. The summed E-state index contributed by atoms with van der Waals surface area (Å²) in [4.78, 5) is 12.9. The zero-order valence-corrected chi connectivity index (χ0v) is 21.9. The Labute approximate surface area is 219 Å². The molecule has 1 amide bonds. The average Bonchev–Trinajstić information content (AvgIpc) is 3.24. The second kappa shape index (κ2) is 10.7. The molecule has 0 saturated heterocycles. The Morgan fingerprint density at radius 2 is 1.84 bits per heavy atom. The van der Waals surface area contributed by atoms with E-state index >= 15 is 0 Å². The number of aliphatic hydroxyl groups is 1. The molecule has 2 N–H and O–H groups in total. The van der Waals surface area contributed by atoms with Crippen LogP contribution < -0.4 is 19.1 Å². The smallest absolute Gasteiger partial charge is 0.255 e. The Hall–Kier alpha value is -3.73. The second-order valence-corrected chi connectivity index (χ2v) is 10.4. The third kappa shape index (κ3) is 5.51. The summed E-state index contributed by atoms with van der Waals surface area (Å²) in [5.41, 5.74) is 1.32. The number of amides is 1. The molecule has 3 aromatic carbocycles. The first-order valence-electron chi connectivity index (χ1n) is 11.1. The van der Waals surface area contributed by atoms with Crippen LogP contribution in [0.4, 0.5) is 5.69 Å². The number of nitrogens with zero attached hydrogens (tertiary/aromatic N) is 1. The second-order valence-electron chi connectivity index (χ2n) is 8.05. The Morgan fingerprint density at radius 3 is 2.43 bits per heavy atom. The van der Waals surface area contributed by atoms with Gasteiger partial charge in [0.1, 0.15) is 28.6 Å². The highest BCUT2D eigenvalue weighted by molar-refractivity contribution is 7.92. The van der Waals surface area contributed by atoms with Crippen LogP contribution in [0.5, 0.6) is 17.2 Å². The number of ether oxygens (including phenoxy) is 2. The number of sulfonamides is 1. The maximum atomic E-state index is 12.9. The molecule has 4 aromatic rings. The fourth-order valence-electron chi connectivity index (χ4n) is 3.92. The average molecular weight is 545 g/mol. The Balaban J connectivity index is 1.82. The normalized spacial score (nSPS) is 11.4. The molecular weight excluding hydrogens is 520 g/mol. The van der Waals surface area contributed by atoms with Crippen molar-refractivity contribution >= 4 is 44.2 Å². The maximum absolute atomic E-state index is 12.9. The van der Waals surface area contributed by atoms with E-state index in [9.17, 15) is 18.3 Å². The molecule has 0 atom stereocenters. The van der Waals surface area contributed by atoms with Gasteiger partial charge in [-0.25, -0.2) is 8.42 Å². The van der Waals surface area contributed by atoms with Crippen molar-refractivity contribution in [3.05, 3.63) is 71.2 Å². The van der Waals surface area contributed by atoms with Gasteiger partial charge in [0.2, 0.25) is 10.0 Å². The van der Waals surface area contributed by atoms with Gasteiger partial charge < -0.3 is 24.3 Å². The highest BCUT2D eigenvalue weighted by atomic mass is 35.5. The van der Waals surface area contributed by atoms with E-state index < -0.39 is 22.5 Å². The lowest BCUT2D eigenvalue weighted by atomic mass is 10.0. The number of furan rings is 1. The summed E-state index contributed by atoms with van der Waals surface area (Å²) < 4.78 is 43.2. The van der Waals surface area contributed by atoms with Gasteiger partial charge in [0.15, 0.2) is 0 Å². The Kier molecular flexibility index (Phi) is 7.63. The van der Waals surface area contributed by atoms with Crippen LogP contribution in [0, 0.1) is 0 Å². The molecular formula is C26H25ClN2O7S. The molecule has 1 heterocycles. The number of hydrogen-bond acceptors (Lipinski definition) is 7. The van der Waals surface area contributed by atoms with E-state index in [0.29, 0.717) is 27.5 Å². The molecule has 0 bridgehead atoms. The third-order valence-electron chi connectivity index (χ3n) is 5.56. The third-order valence-corrected chi connectivity index (χ3v) is 6.98. The summed E-state index contributed by atoms with van der Waals surface area (Å²) in [5.74, 6) is 1.23. The molecule has 0 aliphatic rings. The topological polar surface area (TPSA) is 118 Å². The van der Waals surface area contributed by atoms with E-state index in [0.717, 1.165) is 10.6 Å². The van der Waals surface area contributed by atoms with Crippen LogP contribution in [0.1, 0.15) is 10.4 Å². The van der Waals surface area contributed by atoms with E-state index in [1.807, 2.05) is 0 Å². The van der Waals surface area contributed by atoms with Gasteiger partial charge in [0.25, 0.3) is 5.91 Å². The minimum absolute atomic E-state index is 0.176. The van der Waals surface area contributed by atoms with Crippen LogP contribution in [0.2, 0.25) is 5.02 Å². The van der Waals surface area contributed by atoms with Gasteiger partial charge in [-0.05, 0) is 48.5 Å². The first kappa shape index (κ1) is 26.3. The van der Waals surface area contributed by atoms with Gasteiger partial charge in [-0.3, -0.25) is 9.10 Å². The quantitative estimate of drug-likeness (QED) is 0.314. The number of rotatable bonds is 9. The van der Waals surface area contributed by atoms with Crippen molar-refractivity contribution in [3.63, 3.8) is 0 Å². The number of hydrogen-bond donors (Lipinski definition) is 2. The van der Waals surface area contributed by atoms with E-state index in [2.05, 4.69) is 5.32 Å². The summed E-state index contributed by atoms with van der Waals surface area (Å²) in [6, 6.07) is 17.0. The number of carbonyl (C=O) groups is 1. The van der Waals surface area contributed by atoms with Gasteiger partial charge in [0, 0.05) is 29.1 Å². The molecule has 1 aromatic heterocycles. The molecule has 0 spiro atoms. The van der Waals surface area contributed by atoms with Gasteiger partial charge in [-0.2, -0.15) is 0 Å². The fraction of sp³-hybridized carbons (Fsp3) is 0.192. The molecule has 0 aliphatic heterocycles. The zero-order chi connectivity index (χ0) is 26.7. The molecule has 0 unspecified atom stereocenters. The molecule has 0 fully saturated rings. The lowest BCUT2D eigenvalue weighted by Crippen LogP contribution is -2.32. The monoisotopic (exact) mass is 544 g/mol. The SMILES string of the molecule is CNC(=O)c1c(-c2ccc(Oc3cccc(Cl)c3)cc2)oc2cc(N(CCO)S(C)(=O)=O)c(OC)cc12. The van der Waals surface area contributed by atoms with Crippen LogP contribution >= 0.6 is 11.6 Å². The van der Waals surface area contributed by atoms with Gasteiger partial charge in [0.05, 0.1) is 37.8 Å². The number of anilines is 1. The number of benzene rings is 3. The number of methoxy groups -OCH3 is 1. The van der Waals surface area contributed by atoms with Crippen LogP contribution in [-0.4, -0.2) is 53.0 Å². The van der Waals surface area contributed by atoms with Crippen molar-refractivity contribution in [2.75, 3.05) is 37.9 Å². The predicted octanol–water partition coefficient (Wildman–Crippen LogP) is 4.67. The minimum Gasteiger partial charge on any atom is -0.495 e. The summed E-state index contributed by atoms with van der Waals surface area (Å²) in [5, 5.41) is 13.0. The van der Waals surface area contributed by atoms with E-state index in [1.165, 1.54) is 20.2 Å². The maximum Gasteiger partial charge on any atom is 0.255 e. The first-order chi connectivity index (χ1) is 17.7. The number of nitrogens with one attached hydrogen (secondary N) is 1. The highest BCUT2D eigenvalue weighted by Gasteiger charge is 2.27. The molecule has 0 radical (unpaired) electrons. The highest BCUT2D eigenvalue weighted by Crippen LogP contribution is 2.41. The largest absolute Gasteiger partial charge is 0.495 e. The number of aliphatic hydroxyl groups excluding tert-OH is 1. The van der Waals surface area contributed by atoms with Crippen molar-refractivity contribution in [3.8, 4) is 28.6 Å². The number of fused-ring (bicyclic) bond motifs is 1. The molecule has 0 saturated carbocycles. The summed E-state index contributed by atoms with van der Waals surface area (Å²) in [6.07, 6.45) is 1.03. The summed E-state index contributed by atoms with van der Waals surface area (Å²) in [7, 11) is -0.844. The van der Waals surface area contributed by atoms with Gasteiger partial charge in [-0.1, -0.05) is 17.7 Å². The van der Waals surface area contributed by atoms with Crippen LogP contribution in [0.15, 0.2) is 65.1 Å².